The molecule has 2 rings (SSSR count). The zero-order valence-electron chi connectivity index (χ0n) is 6.81. The third-order valence-corrected chi connectivity index (χ3v) is 2.55. The summed E-state index contributed by atoms with van der Waals surface area (Å²) >= 11 is 1.15. The lowest BCUT2D eigenvalue weighted by molar-refractivity contribution is 0.0696. The lowest BCUT2D eigenvalue weighted by atomic mass is 10.3. The number of rotatable bonds is 1. The maximum absolute atomic E-state index is 10.6. The number of carbonyl (C=O) groups is 1. The number of hydrogen-bond acceptors (Lipinski definition) is 4. The minimum atomic E-state index is -0.999. The van der Waals surface area contributed by atoms with Crippen molar-refractivity contribution in [3.8, 4) is 0 Å². The van der Waals surface area contributed by atoms with Crippen LogP contribution in [0.1, 0.15) is 15.4 Å². The SMILES string of the molecule is Cc1cnc2nc(C(=O)O)sc2c1. The zero-order valence-corrected chi connectivity index (χ0v) is 7.63. The standard InChI is InChI=1S/C8H6N2O2S/c1-4-2-5-6(9-3-4)10-7(13-5)8(11)12/h2-3H,1H3,(H,11,12). The van der Waals surface area contributed by atoms with Crippen molar-refractivity contribution in [1.82, 2.24) is 9.97 Å². The van der Waals surface area contributed by atoms with Crippen molar-refractivity contribution in [2.45, 2.75) is 6.92 Å². The molecule has 4 nitrogen and oxygen atoms in total. The average Bonchev–Trinajstić information content (AvgIpc) is 2.46. The fraction of sp³-hybridized carbons (Fsp3) is 0.125. The quantitative estimate of drug-likeness (QED) is 0.750. The van der Waals surface area contributed by atoms with Crippen molar-refractivity contribution in [3.63, 3.8) is 0 Å². The number of aryl methyl sites for hydroxylation is 1. The van der Waals surface area contributed by atoms with E-state index in [0.717, 1.165) is 21.6 Å². The van der Waals surface area contributed by atoms with Gasteiger partial charge < -0.3 is 5.11 Å². The summed E-state index contributed by atoms with van der Waals surface area (Å²) in [7, 11) is 0. The first-order valence-electron chi connectivity index (χ1n) is 3.63. The predicted molar refractivity (Wildman–Crippen MR) is 49.1 cm³/mol. The topological polar surface area (TPSA) is 63.1 Å². The van der Waals surface area contributed by atoms with Crippen LogP contribution in [-0.4, -0.2) is 21.0 Å². The molecule has 2 aromatic heterocycles. The summed E-state index contributed by atoms with van der Waals surface area (Å²) in [5.41, 5.74) is 1.51. The van der Waals surface area contributed by atoms with Gasteiger partial charge in [-0.25, -0.2) is 14.8 Å². The summed E-state index contributed by atoms with van der Waals surface area (Å²) in [5, 5.41) is 8.77. The maximum Gasteiger partial charge on any atom is 0.365 e. The van der Waals surface area contributed by atoms with Gasteiger partial charge in [-0.2, -0.15) is 0 Å². The van der Waals surface area contributed by atoms with Gasteiger partial charge in [0.1, 0.15) is 0 Å². The number of aromatic carboxylic acids is 1. The van der Waals surface area contributed by atoms with Gasteiger partial charge >= 0.3 is 5.97 Å². The van der Waals surface area contributed by atoms with E-state index in [0.29, 0.717) is 5.65 Å². The van der Waals surface area contributed by atoms with Gasteiger partial charge in [-0.05, 0) is 18.6 Å². The number of nitrogens with zero attached hydrogens (tertiary/aromatic N) is 2. The molecule has 0 aliphatic carbocycles. The molecule has 66 valence electrons. The van der Waals surface area contributed by atoms with Crippen LogP contribution in [0.5, 0.6) is 0 Å². The first-order valence-corrected chi connectivity index (χ1v) is 4.45. The van der Waals surface area contributed by atoms with E-state index in [1.54, 1.807) is 6.20 Å². The van der Waals surface area contributed by atoms with Gasteiger partial charge in [-0.1, -0.05) is 0 Å². The highest BCUT2D eigenvalue weighted by Gasteiger charge is 2.10. The summed E-state index contributed by atoms with van der Waals surface area (Å²) in [5.74, 6) is -0.999. The molecular formula is C8H6N2O2S. The molecule has 1 N–H and O–H groups in total. The normalized spacial score (nSPS) is 10.5. The lowest BCUT2D eigenvalue weighted by Gasteiger charge is -1.87. The Hall–Kier alpha value is -1.49. The van der Waals surface area contributed by atoms with Crippen LogP contribution >= 0.6 is 11.3 Å². The molecule has 13 heavy (non-hydrogen) atoms. The van der Waals surface area contributed by atoms with Crippen molar-refractivity contribution in [1.29, 1.82) is 0 Å². The molecule has 0 amide bonds. The molecule has 0 aliphatic rings. The Labute approximate surface area is 77.9 Å². The lowest BCUT2D eigenvalue weighted by Crippen LogP contribution is -1.93. The van der Waals surface area contributed by atoms with E-state index in [1.807, 2.05) is 13.0 Å². The number of hydrogen-bond donors (Lipinski definition) is 1. The second kappa shape index (κ2) is 2.77. The van der Waals surface area contributed by atoms with E-state index in [9.17, 15) is 4.79 Å². The number of carboxylic acid groups (broad SMARTS) is 1. The molecule has 0 saturated carbocycles. The van der Waals surface area contributed by atoms with Crippen LogP contribution in [0, 0.1) is 6.92 Å². The Morgan fingerprint density at radius 2 is 2.38 bits per heavy atom. The van der Waals surface area contributed by atoms with Gasteiger partial charge in [0.2, 0.25) is 5.01 Å². The van der Waals surface area contributed by atoms with Crippen molar-refractivity contribution in [2.24, 2.45) is 0 Å². The molecule has 2 aromatic rings. The fourth-order valence-electron chi connectivity index (χ4n) is 1.01. The molecule has 0 fully saturated rings. The highest BCUT2D eigenvalue weighted by atomic mass is 32.1. The monoisotopic (exact) mass is 194 g/mol. The van der Waals surface area contributed by atoms with Crippen LogP contribution in [-0.2, 0) is 0 Å². The first kappa shape index (κ1) is 8.12. The van der Waals surface area contributed by atoms with Gasteiger partial charge in [-0.3, -0.25) is 0 Å². The molecule has 2 heterocycles. The Balaban J connectivity index is 2.68. The molecule has 0 radical (unpaired) electrons. The van der Waals surface area contributed by atoms with Crippen molar-refractivity contribution < 1.29 is 9.90 Å². The molecule has 0 bridgehead atoms. The highest BCUT2D eigenvalue weighted by Crippen LogP contribution is 2.20. The summed E-state index contributed by atoms with van der Waals surface area (Å²) in [6.45, 7) is 1.91. The molecule has 5 heteroatoms. The molecule has 0 unspecified atom stereocenters. The minimum Gasteiger partial charge on any atom is -0.476 e. The van der Waals surface area contributed by atoms with Crippen LogP contribution < -0.4 is 0 Å². The predicted octanol–water partition coefficient (Wildman–Crippen LogP) is 1.70. The van der Waals surface area contributed by atoms with Crippen molar-refractivity contribution >= 4 is 27.7 Å². The third kappa shape index (κ3) is 1.38. The molecule has 0 saturated heterocycles. The largest absolute Gasteiger partial charge is 0.476 e. The number of carboxylic acids is 1. The Morgan fingerprint density at radius 1 is 1.62 bits per heavy atom. The van der Waals surface area contributed by atoms with Crippen molar-refractivity contribution in [2.75, 3.05) is 0 Å². The molecule has 0 spiro atoms. The Bertz CT molecular complexity index is 478. The summed E-state index contributed by atoms with van der Waals surface area (Å²) < 4.78 is 0.817. The van der Waals surface area contributed by atoms with Crippen LogP contribution in [0.4, 0.5) is 0 Å². The second-order valence-corrected chi connectivity index (χ2v) is 3.69. The molecule has 0 aromatic carbocycles. The number of pyridine rings is 1. The van der Waals surface area contributed by atoms with Crippen molar-refractivity contribution in [3.05, 3.63) is 22.8 Å². The minimum absolute atomic E-state index is 0.0908. The summed E-state index contributed by atoms with van der Waals surface area (Å²) in [6.07, 6.45) is 1.67. The van der Waals surface area contributed by atoms with E-state index >= 15 is 0 Å². The molecule has 0 aliphatic heterocycles. The van der Waals surface area contributed by atoms with Crippen LogP contribution in [0.2, 0.25) is 0 Å². The number of aromatic nitrogens is 2. The van der Waals surface area contributed by atoms with Crippen LogP contribution in [0.15, 0.2) is 12.3 Å². The highest BCUT2D eigenvalue weighted by molar-refractivity contribution is 7.20. The van der Waals surface area contributed by atoms with Gasteiger partial charge in [0.15, 0.2) is 5.65 Å². The maximum atomic E-state index is 10.6. The van der Waals surface area contributed by atoms with Crippen LogP contribution in [0.3, 0.4) is 0 Å². The number of thiazole rings is 1. The Kier molecular flexibility index (Phi) is 1.73. The van der Waals surface area contributed by atoms with E-state index in [2.05, 4.69) is 9.97 Å². The molecular weight excluding hydrogens is 188 g/mol. The fourth-order valence-corrected chi connectivity index (χ4v) is 1.87. The number of fused-ring (bicyclic) bond motifs is 1. The first-order chi connectivity index (χ1) is 6.16. The smallest absolute Gasteiger partial charge is 0.365 e. The van der Waals surface area contributed by atoms with Gasteiger partial charge in [0, 0.05) is 6.20 Å². The van der Waals surface area contributed by atoms with E-state index in [-0.39, 0.29) is 5.01 Å². The Morgan fingerprint density at radius 3 is 3.08 bits per heavy atom. The van der Waals surface area contributed by atoms with Gasteiger partial charge in [-0.15, -0.1) is 11.3 Å². The molecule has 0 atom stereocenters. The zero-order chi connectivity index (χ0) is 9.42. The van der Waals surface area contributed by atoms with Gasteiger partial charge in [0.05, 0.1) is 4.70 Å². The van der Waals surface area contributed by atoms with E-state index in [4.69, 9.17) is 5.11 Å². The summed E-state index contributed by atoms with van der Waals surface area (Å²) in [6, 6.07) is 1.88. The second-order valence-electron chi connectivity index (χ2n) is 2.66. The van der Waals surface area contributed by atoms with Gasteiger partial charge in [0.25, 0.3) is 0 Å². The average molecular weight is 194 g/mol. The summed E-state index contributed by atoms with van der Waals surface area (Å²) in [4.78, 5) is 18.5. The van der Waals surface area contributed by atoms with Crippen LogP contribution in [0.25, 0.3) is 10.3 Å². The third-order valence-electron chi connectivity index (χ3n) is 1.57. The van der Waals surface area contributed by atoms with E-state index in [1.165, 1.54) is 0 Å². The van der Waals surface area contributed by atoms with E-state index < -0.39 is 5.97 Å².